The first kappa shape index (κ1) is 21.5. The summed E-state index contributed by atoms with van der Waals surface area (Å²) < 4.78 is 10.3. The molecule has 2 amide bonds. The fraction of sp³-hybridized carbons (Fsp3) is 0.800. The summed E-state index contributed by atoms with van der Waals surface area (Å²) in [5, 5.41) is 13.7. The number of nitrogens with one attached hydrogen (secondary N) is 2. The van der Waals surface area contributed by atoms with Crippen LogP contribution in [0.2, 0.25) is 0 Å². The number of carbonyl (C=O) groups is 3. The third kappa shape index (κ3) is 13.8. The number of aliphatic hydroxyl groups excluding tert-OH is 1. The van der Waals surface area contributed by atoms with E-state index < -0.39 is 0 Å². The predicted molar refractivity (Wildman–Crippen MR) is 83.8 cm³/mol. The van der Waals surface area contributed by atoms with Crippen LogP contribution >= 0.6 is 0 Å². The van der Waals surface area contributed by atoms with Gasteiger partial charge in [-0.25, -0.2) is 0 Å². The van der Waals surface area contributed by atoms with Crippen LogP contribution in [-0.2, 0) is 23.9 Å². The number of Topliss-reactive ketones (excluding diaryl/α,β-unsaturated/α-hetero) is 1. The minimum atomic E-state index is -0.270. The molecule has 8 nitrogen and oxygen atoms in total. The highest BCUT2D eigenvalue weighted by Gasteiger charge is 2.06. The van der Waals surface area contributed by atoms with Gasteiger partial charge in [-0.2, -0.15) is 0 Å². The number of hydrogen-bond acceptors (Lipinski definition) is 6. The van der Waals surface area contributed by atoms with Crippen molar-refractivity contribution in [1.29, 1.82) is 0 Å². The van der Waals surface area contributed by atoms with Crippen LogP contribution in [0.3, 0.4) is 0 Å². The Morgan fingerprint density at radius 1 is 0.913 bits per heavy atom. The van der Waals surface area contributed by atoms with E-state index in [0.29, 0.717) is 32.7 Å². The Morgan fingerprint density at radius 2 is 1.52 bits per heavy atom. The molecule has 8 heteroatoms. The standard InChI is InChI=1S/C15H28N2O6/c1-12(2)13(19)4-8-22-9-5-17-15(21)11-23-10-6-16-14(20)3-7-18/h12,18H,3-11H2,1-2H3,(H,16,20)(H,17,21). The molecular weight excluding hydrogens is 304 g/mol. The van der Waals surface area contributed by atoms with Crippen LogP contribution in [-0.4, -0.2) is 68.8 Å². The molecule has 3 N–H and O–H groups in total. The first-order valence-corrected chi connectivity index (χ1v) is 7.79. The maximum atomic E-state index is 11.4. The topological polar surface area (TPSA) is 114 Å². The zero-order chi connectivity index (χ0) is 17.5. The van der Waals surface area contributed by atoms with Gasteiger partial charge in [-0.05, 0) is 0 Å². The lowest BCUT2D eigenvalue weighted by molar-refractivity contribution is -0.126. The second-order valence-corrected chi connectivity index (χ2v) is 5.21. The third-order valence-electron chi connectivity index (χ3n) is 2.85. The Labute approximate surface area is 136 Å². The van der Waals surface area contributed by atoms with Crippen molar-refractivity contribution in [2.24, 2.45) is 5.92 Å². The van der Waals surface area contributed by atoms with Gasteiger partial charge in [0.05, 0.1) is 26.4 Å². The summed E-state index contributed by atoms with van der Waals surface area (Å²) in [5.41, 5.74) is 0. The molecule has 0 radical (unpaired) electrons. The van der Waals surface area contributed by atoms with Crippen LogP contribution in [0.5, 0.6) is 0 Å². The summed E-state index contributed by atoms with van der Waals surface area (Å²) in [6.45, 7) is 4.97. The Bertz CT molecular complexity index is 360. The van der Waals surface area contributed by atoms with Gasteiger partial charge in [-0.3, -0.25) is 14.4 Å². The fourth-order valence-corrected chi connectivity index (χ4v) is 1.49. The molecule has 0 heterocycles. The van der Waals surface area contributed by atoms with E-state index in [2.05, 4.69) is 10.6 Å². The van der Waals surface area contributed by atoms with E-state index in [1.165, 1.54) is 0 Å². The highest BCUT2D eigenvalue weighted by Crippen LogP contribution is 1.98. The maximum Gasteiger partial charge on any atom is 0.246 e. The average molecular weight is 332 g/mol. The van der Waals surface area contributed by atoms with Crippen LogP contribution in [0, 0.1) is 5.92 Å². The van der Waals surface area contributed by atoms with Gasteiger partial charge in [0.15, 0.2) is 0 Å². The Kier molecular flexibility index (Phi) is 13.2. The van der Waals surface area contributed by atoms with E-state index >= 15 is 0 Å². The molecule has 0 aliphatic heterocycles. The summed E-state index contributed by atoms with van der Waals surface area (Å²) in [5.74, 6) is -0.348. The molecule has 0 fully saturated rings. The lowest BCUT2D eigenvalue weighted by Gasteiger charge is -2.08. The van der Waals surface area contributed by atoms with Gasteiger partial charge in [-0.15, -0.1) is 0 Å². The molecule has 0 rings (SSSR count). The van der Waals surface area contributed by atoms with Gasteiger partial charge in [0.25, 0.3) is 0 Å². The van der Waals surface area contributed by atoms with Crippen molar-refractivity contribution >= 4 is 17.6 Å². The molecule has 0 aromatic heterocycles. The lowest BCUT2D eigenvalue weighted by atomic mass is 10.1. The number of rotatable bonds is 14. The normalized spacial score (nSPS) is 10.6. The fourth-order valence-electron chi connectivity index (χ4n) is 1.49. The van der Waals surface area contributed by atoms with Crippen LogP contribution in [0.25, 0.3) is 0 Å². The van der Waals surface area contributed by atoms with Gasteiger partial charge >= 0.3 is 0 Å². The number of ether oxygens (including phenoxy) is 2. The van der Waals surface area contributed by atoms with E-state index in [1.54, 1.807) is 0 Å². The highest BCUT2D eigenvalue weighted by molar-refractivity contribution is 5.80. The number of amides is 2. The van der Waals surface area contributed by atoms with Crippen LogP contribution in [0.15, 0.2) is 0 Å². The van der Waals surface area contributed by atoms with E-state index in [1.807, 2.05) is 13.8 Å². The number of carbonyl (C=O) groups excluding carboxylic acids is 3. The zero-order valence-electron chi connectivity index (χ0n) is 13.9. The minimum absolute atomic E-state index is 0.0175. The number of hydrogen-bond donors (Lipinski definition) is 3. The van der Waals surface area contributed by atoms with Gasteiger partial charge in [0.1, 0.15) is 12.4 Å². The van der Waals surface area contributed by atoms with Crippen molar-refractivity contribution in [2.45, 2.75) is 26.7 Å². The van der Waals surface area contributed by atoms with E-state index in [9.17, 15) is 14.4 Å². The molecule has 0 saturated heterocycles. The van der Waals surface area contributed by atoms with Crippen LogP contribution in [0.1, 0.15) is 26.7 Å². The van der Waals surface area contributed by atoms with Crippen LogP contribution < -0.4 is 10.6 Å². The Morgan fingerprint density at radius 3 is 2.13 bits per heavy atom. The summed E-state index contributed by atoms with van der Waals surface area (Å²) in [6.07, 6.45) is 0.444. The molecule has 0 aliphatic carbocycles. The van der Waals surface area contributed by atoms with E-state index in [-0.39, 0.29) is 49.8 Å². The molecule has 0 unspecified atom stereocenters. The molecule has 0 aromatic rings. The van der Waals surface area contributed by atoms with Gasteiger partial charge in [0.2, 0.25) is 11.8 Å². The second kappa shape index (κ2) is 14.1. The third-order valence-corrected chi connectivity index (χ3v) is 2.85. The summed E-state index contributed by atoms with van der Waals surface area (Å²) in [7, 11) is 0. The smallest absolute Gasteiger partial charge is 0.246 e. The SMILES string of the molecule is CC(C)C(=O)CCOCCNC(=O)COCCNC(=O)CCO. The predicted octanol–water partition coefficient (Wildman–Crippen LogP) is -0.750. The maximum absolute atomic E-state index is 11.4. The summed E-state index contributed by atoms with van der Waals surface area (Å²) in [6, 6.07) is 0. The quantitative estimate of drug-likeness (QED) is 0.361. The molecule has 0 aliphatic rings. The molecule has 0 saturated carbocycles. The molecule has 23 heavy (non-hydrogen) atoms. The van der Waals surface area contributed by atoms with Crippen molar-refractivity contribution in [3.05, 3.63) is 0 Å². The average Bonchev–Trinajstić information content (AvgIpc) is 2.50. The van der Waals surface area contributed by atoms with Gasteiger partial charge in [0, 0.05) is 31.8 Å². The molecule has 0 bridgehead atoms. The molecule has 134 valence electrons. The first-order chi connectivity index (χ1) is 11.0. The second-order valence-electron chi connectivity index (χ2n) is 5.21. The van der Waals surface area contributed by atoms with Crippen molar-refractivity contribution in [3.8, 4) is 0 Å². The number of ketones is 1. The largest absolute Gasteiger partial charge is 0.396 e. The van der Waals surface area contributed by atoms with E-state index in [0.717, 1.165) is 0 Å². The molecular formula is C15H28N2O6. The monoisotopic (exact) mass is 332 g/mol. The number of aliphatic hydroxyl groups is 1. The molecule has 0 atom stereocenters. The Balaban J connectivity index is 3.37. The van der Waals surface area contributed by atoms with Crippen molar-refractivity contribution in [1.82, 2.24) is 10.6 Å². The zero-order valence-corrected chi connectivity index (χ0v) is 13.9. The summed E-state index contributed by atoms with van der Waals surface area (Å²) >= 11 is 0. The minimum Gasteiger partial charge on any atom is -0.396 e. The van der Waals surface area contributed by atoms with Crippen molar-refractivity contribution < 1.29 is 29.0 Å². The Hall–Kier alpha value is -1.51. The first-order valence-electron chi connectivity index (χ1n) is 7.79. The summed E-state index contributed by atoms with van der Waals surface area (Å²) in [4.78, 5) is 33.7. The molecule has 0 spiro atoms. The molecule has 0 aromatic carbocycles. The highest BCUT2D eigenvalue weighted by atomic mass is 16.5. The van der Waals surface area contributed by atoms with Gasteiger partial charge in [-0.1, -0.05) is 13.8 Å². The van der Waals surface area contributed by atoms with E-state index in [4.69, 9.17) is 14.6 Å². The lowest BCUT2D eigenvalue weighted by Crippen LogP contribution is -2.32. The van der Waals surface area contributed by atoms with Gasteiger partial charge < -0.3 is 25.2 Å². The van der Waals surface area contributed by atoms with Crippen molar-refractivity contribution in [2.75, 3.05) is 46.1 Å². The van der Waals surface area contributed by atoms with Crippen LogP contribution in [0.4, 0.5) is 0 Å². The van der Waals surface area contributed by atoms with Crippen molar-refractivity contribution in [3.63, 3.8) is 0 Å².